The summed E-state index contributed by atoms with van der Waals surface area (Å²) in [5.74, 6) is -0.986. The van der Waals surface area contributed by atoms with E-state index in [0.29, 0.717) is 16.8 Å². The van der Waals surface area contributed by atoms with Gasteiger partial charge in [0.1, 0.15) is 0 Å². The fourth-order valence-electron chi connectivity index (χ4n) is 2.73. The number of esters is 1. The van der Waals surface area contributed by atoms with E-state index >= 15 is 0 Å². The summed E-state index contributed by atoms with van der Waals surface area (Å²) in [4.78, 5) is 35.4. The number of aryl methyl sites for hydroxylation is 3. The molecule has 0 heterocycles. The van der Waals surface area contributed by atoms with E-state index in [-0.39, 0.29) is 18.3 Å². The lowest BCUT2D eigenvalue weighted by molar-refractivity contribution is -0.114. The molecular weight excluding hydrogens is 318 g/mol. The van der Waals surface area contributed by atoms with E-state index in [1.807, 2.05) is 32.9 Å². The van der Waals surface area contributed by atoms with Gasteiger partial charge in [0, 0.05) is 18.2 Å². The van der Waals surface area contributed by atoms with Crippen LogP contribution in [0.1, 0.15) is 44.3 Å². The minimum atomic E-state index is -0.502. The SMILES string of the molecule is CC(=O)Nc1ccc(C(=O)COC(=O)c2c(C)cc(C)cc2C)cc1. The second kappa shape index (κ2) is 7.75. The Morgan fingerprint density at radius 2 is 1.52 bits per heavy atom. The van der Waals surface area contributed by atoms with E-state index in [9.17, 15) is 14.4 Å². The molecule has 5 heteroatoms. The molecule has 0 saturated carbocycles. The molecule has 0 aliphatic rings. The first-order valence-electron chi connectivity index (χ1n) is 7.93. The highest BCUT2D eigenvalue weighted by Crippen LogP contribution is 2.18. The number of hydrogen-bond acceptors (Lipinski definition) is 4. The second-order valence-corrected chi connectivity index (χ2v) is 6.03. The van der Waals surface area contributed by atoms with E-state index in [0.717, 1.165) is 16.7 Å². The summed E-state index contributed by atoms with van der Waals surface area (Å²) in [7, 11) is 0. The fourth-order valence-corrected chi connectivity index (χ4v) is 2.73. The molecule has 2 rings (SSSR count). The lowest BCUT2D eigenvalue weighted by Crippen LogP contribution is -2.16. The third-order valence-electron chi connectivity index (χ3n) is 3.74. The minimum Gasteiger partial charge on any atom is -0.454 e. The summed E-state index contributed by atoms with van der Waals surface area (Å²) in [6.45, 7) is 6.74. The van der Waals surface area contributed by atoms with Crippen molar-refractivity contribution in [2.75, 3.05) is 11.9 Å². The Labute approximate surface area is 147 Å². The first kappa shape index (κ1) is 18.4. The molecule has 0 atom stereocenters. The Bertz CT molecular complexity index is 799. The lowest BCUT2D eigenvalue weighted by Gasteiger charge is -2.11. The fraction of sp³-hybridized carbons (Fsp3) is 0.250. The van der Waals surface area contributed by atoms with Crippen LogP contribution in [0.5, 0.6) is 0 Å². The topological polar surface area (TPSA) is 72.5 Å². The average molecular weight is 339 g/mol. The Morgan fingerprint density at radius 3 is 2.04 bits per heavy atom. The molecule has 25 heavy (non-hydrogen) atoms. The van der Waals surface area contributed by atoms with Gasteiger partial charge >= 0.3 is 5.97 Å². The Kier molecular flexibility index (Phi) is 5.70. The molecule has 0 aromatic heterocycles. The molecule has 0 aliphatic heterocycles. The van der Waals surface area contributed by atoms with Gasteiger partial charge in [0.25, 0.3) is 0 Å². The van der Waals surface area contributed by atoms with Crippen molar-refractivity contribution in [2.45, 2.75) is 27.7 Å². The van der Waals surface area contributed by atoms with Gasteiger partial charge in [0.2, 0.25) is 5.91 Å². The number of carbonyl (C=O) groups is 3. The maximum atomic E-state index is 12.3. The van der Waals surface area contributed by atoms with Gasteiger partial charge < -0.3 is 10.1 Å². The number of ketones is 1. The molecule has 0 bridgehead atoms. The Hall–Kier alpha value is -2.95. The summed E-state index contributed by atoms with van der Waals surface area (Å²) >= 11 is 0. The molecule has 0 saturated heterocycles. The number of nitrogens with one attached hydrogen (secondary N) is 1. The molecule has 2 aromatic rings. The van der Waals surface area contributed by atoms with Crippen molar-refractivity contribution in [1.82, 2.24) is 0 Å². The molecule has 5 nitrogen and oxygen atoms in total. The monoisotopic (exact) mass is 339 g/mol. The van der Waals surface area contributed by atoms with E-state index in [2.05, 4.69) is 5.32 Å². The molecule has 2 aromatic carbocycles. The normalized spacial score (nSPS) is 10.2. The van der Waals surface area contributed by atoms with E-state index in [4.69, 9.17) is 4.74 Å². The summed E-state index contributed by atoms with van der Waals surface area (Å²) < 4.78 is 5.18. The maximum Gasteiger partial charge on any atom is 0.339 e. The van der Waals surface area contributed by atoms with Gasteiger partial charge in [-0.1, -0.05) is 17.7 Å². The van der Waals surface area contributed by atoms with Crippen molar-refractivity contribution in [3.63, 3.8) is 0 Å². The van der Waals surface area contributed by atoms with Crippen LogP contribution in [-0.2, 0) is 9.53 Å². The minimum absolute atomic E-state index is 0.183. The summed E-state index contributed by atoms with van der Waals surface area (Å²) in [5, 5.41) is 2.62. The first-order chi connectivity index (χ1) is 11.8. The molecule has 0 radical (unpaired) electrons. The van der Waals surface area contributed by atoms with Crippen LogP contribution in [0.4, 0.5) is 5.69 Å². The Morgan fingerprint density at radius 1 is 0.960 bits per heavy atom. The molecule has 1 N–H and O–H groups in total. The summed E-state index contributed by atoms with van der Waals surface area (Å²) in [6.07, 6.45) is 0. The maximum absolute atomic E-state index is 12.3. The van der Waals surface area contributed by atoms with Crippen LogP contribution >= 0.6 is 0 Å². The van der Waals surface area contributed by atoms with Crippen LogP contribution in [0.25, 0.3) is 0 Å². The van der Waals surface area contributed by atoms with Crippen molar-refractivity contribution in [2.24, 2.45) is 0 Å². The molecular formula is C20H21NO4. The van der Waals surface area contributed by atoms with E-state index < -0.39 is 5.97 Å². The third-order valence-corrected chi connectivity index (χ3v) is 3.74. The largest absolute Gasteiger partial charge is 0.454 e. The van der Waals surface area contributed by atoms with Crippen molar-refractivity contribution in [3.8, 4) is 0 Å². The number of carbonyl (C=O) groups excluding carboxylic acids is 3. The lowest BCUT2D eigenvalue weighted by atomic mass is 10.00. The number of ether oxygens (including phenoxy) is 1. The number of benzene rings is 2. The van der Waals surface area contributed by atoms with Crippen LogP contribution in [-0.4, -0.2) is 24.3 Å². The zero-order valence-corrected chi connectivity index (χ0v) is 14.8. The van der Waals surface area contributed by atoms with Crippen molar-refractivity contribution < 1.29 is 19.1 Å². The van der Waals surface area contributed by atoms with Crippen molar-refractivity contribution in [3.05, 3.63) is 64.2 Å². The van der Waals surface area contributed by atoms with Crippen LogP contribution < -0.4 is 5.32 Å². The van der Waals surface area contributed by atoms with Crippen LogP contribution in [0.2, 0.25) is 0 Å². The van der Waals surface area contributed by atoms with Gasteiger partial charge in [-0.25, -0.2) is 4.79 Å². The van der Waals surface area contributed by atoms with Crippen LogP contribution in [0.3, 0.4) is 0 Å². The van der Waals surface area contributed by atoms with Gasteiger partial charge in [0.15, 0.2) is 12.4 Å². The predicted molar refractivity (Wildman–Crippen MR) is 96.0 cm³/mol. The predicted octanol–water partition coefficient (Wildman–Crippen LogP) is 3.61. The summed E-state index contributed by atoms with van der Waals surface area (Å²) in [6, 6.07) is 10.3. The highest BCUT2D eigenvalue weighted by atomic mass is 16.5. The zero-order valence-electron chi connectivity index (χ0n) is 14.8. The van der Waals surface area contributed by atoms with Crippen molar-refractivity contribution >= 4 is 23.3 Å². The molecule has 130 valence electrons. The number of Topliss-reactive ketones (excluding diaryl/α,β-unsaturated/α-hetero) is 1. The van der Waals surface area contributed by atoms with Gasteiger partial charge in [-0.15, -0.1) is 0 Å². The highest BCUT2D eigenvalue weighted by Gasteiger charge is 2.16. The third kappa shape index (κ3) is 4.76. The van der Waals surface area contributed by atoms with Crippen LogP contribution in [0, 0.1) is 20.8 Å². The summed E-state index contributed by atoms with van der Waals surface area (Å²) in [5.41, 5.74) is 4.25. The number of hydrogen-bond donors (Lipinski definition) is 1. The second-order valence-electron chi connectivity index (χ2n) is 6.03. The van der Waals surface area contributed by atoms with E-state index in [1.54, 1.807) is 24.3 Å². The van der Waals surface area contributed by atoms with Gasteiger partial charge in [-0.3, -0.25) is 9.59 Å². The quantitative estimate of drug-likeness (QED) is 0.667. The molecule has 0 aliphatic carbocycles. The highest BCUT2D eigenvalue weighted by molar-refractivity contribution is 6.00. The number of anilines is 1. The standard InChI is InChI=1S/C20H21NO4/c1-12-9-13(2)19(14(3)10-12)20(24)25-11-18(23)16-5-7-17(8-6-16)21-15(4)22/h5-10H,11H2,1-4H3,(H,21,22). The van der Waals surface area contributed by atoms with Gasteiger partial charge in [-0.2, -0.15) is 0 Å². The van der Waals surface area contributed by atoms with E-state index in [1.165, 1.54) is 6.92 Å². The zero-order chi connectivity index (χ0) is 18.6. The average Bonchev–Trinajstić information content (AvgIpc) is 2.51. The Balaban J connectivity index is 2.02. The van der Waals surface area contributed by atoms with Gasteiger partial charge in [-0.05, 0) is 56.2 Å². The molecule has 0 unspecified atom stereocenters. The van der Waals surface area contributed by atoms with Crippen LogP contribution in [0.15, 0.2) is 36.4 Å². The molecule has 0 spiro atoms. The number of rotatable bonds is 5. The molecule has 1 amide bonds. The molecule has 0 fully saturated rings. The first-order valence-corrected chi connectivity index (χ1v) is 7.93. The van der Waals surface area contributed by atoms with Gasteiger partial charge in [0.05, 0.1) is 5.56 Å². The smallest absolute Gasteiger partial charge is 0.339 e. The van der Waals surface area contributed by atoms with Crippen molar-refractivity contribution in [1.29, 1.82) is 0 Å². The number of amides is 1.